The topological polar surface area (TPSA) is 0 Å². The molecule has 1 aliphatic heterocycles. The molecule has 0 spiro atoms. The number of allylic oxidation sites excluding steroid dienone is 24. The van der Waals surface area contributed by atoms with E-state index in [0.29, 0.717) is 0 Å². The van der Waals surface area contributed by atoms with Gasteiger partial charge in [0.15, 0.2) is 0 Å². The molecule has 1 heteroatoms. The van der Waals surface area contributed by atoms with Crippen LogP contribution in [0.25, 0.3) is 0 Å². The molecule has 0 aromatic carbocycles. The molecule has 0 aromatic rings. The summed E-state index contributed by atoms with van der Waals surface area (Å²) in [6.45, 7) is 0. The van der Waals surface area contributed by atoms with E-state index < -0.39 is 0 Å². The zero-order chi connectivity index (χ0) is 22.4. The number of alkyl halides is 1. The Morgan fingerprint density at radius 3 is 1.25 bits per heavy atom. The van der Waals surface area contributed by atoms with Gasteiger partial charge in [-0.05, 0) is 0 Å². The van der Waals surface area contributed by atoms with Crippen LogP contribution >= 0.6 is 0 Å². The summed E-state index contributed by atoms with van der Waals surface area (Å²) in [5.74, 6) is 0. The van der Waals surface area contributed by atoms with E-state index in [2.05, 4.69) is 72.9 Å². The van der Waals surface area contributed by atoms with Gasteiger partial charge in [0.1, 0.15) is 0 Å². The van der Waals surface area contributed by atoms with Gasteiger partial charge >= 0.3 is 201 Å². The number of hydrogen-bond donors (Lipinski definition) is 0. The minimum atomic E-state index is 0.0760. The molecular formula is C31H36I-. The van der Waals surface area contributed by atoms with E-state index in [1.807, 2.05) is 60.8 Å². The van der Waals surface area contributed by atoms with Crippen molar-refractivity contribution >= 4 is 0 Å². The zero-order valence-corrected chi connectivity index (χ0v) is 21.2. The summed E-state index contributed by atoms with van der Waals surface area (Å²) >= 11 is 0.0760. The average Bonchev–Trinajstić information content (AvgIpc) is 2.81. The van der Waals surface area contributed by atoms with Crippen molar-refractivity contribution in [2.24, 2.45) is 0 Å². The quantitative estimate of drug-likeness (QED) is 0.271. The van der Waals surface area contributed by atoms with Crippen molar-refractivity contribution in [3.8, 4) is 0 Å². The summed E-state index contributed by atoms with van der Waals surface area (Å²) in [5, 5.41) is 0. The summed E-state index contributed by atoms with van der Waals surface area (Å²) in [6, 6.07) is 0. The van der Waals surface area contributed by atoms with Gasteiger partial charge in [-0.15, -0.1) is 0 Å². The van der Waals surface area contributed by atoms with E-state index in [9.17, 15) is 0 Å². The molecule has 32 heavy (non-hydrogen) atoms. The third kappa shape index (κ3) is 13.8. The van der Waals surface area contributed by atoms with Crippen molar-refractivity contribution in [3.05, 3.63) is 143 Å². The number of halogens is 1. The Labute approximate surface area is 206 Å². The van der Waals surface area contributed by atoms with Crippen LogP contribution in [0.3, 0.4) is 0 Å². The van der Waals surface area contributed by atoms with E-state index in [0.717, 1.165) is 0 Å². The minimum absolute atomic E-state index is 0.0760. The van der Waals surface area contributed by atoms with Crippen LogP contribution in [0.1, 0.15) is 38.5 Å². The summed E-state index contributed by atoms with van der Waals surface area (Å²) in [7, 11) is 0. The average molecular weight is 536 g/mol. The molecule has 0 amide bonds. The molecule has 0 bridgehead atoms. The van der Waals surface area contributed by atoms with E-state index in [4.69, 9.17) is 0 Å². The molecule has 0 saturated heterocycles. The monoisotopic (exact) mass is 535 g/mol. The Kier molecular flexibility index (Phi) is 15.6. The van der Waals surface area contributed by atoms with Crippen molar-refractivity contribution in [3.63, 3.8) is 0 Å². The first-order chi connectivity index (χ1) is 16.0. The van der Waals surface area contributed by atoms with Crippen molar-refractivity contribution in [2.75, 3.05) is 4.43 Å². The first-order valence-corrected chi connectivity index (χ1v) is 14.2. The van der Waals surface area contributed by atoms with Gasteiger partial charge in [0.05, 0.1) is 0 Å². The third-order valence-corrected chi connectivity index (χ3v) is 7.95. The summed E-state index contributed by atoms with van der Waals surface area (Å²) in [4.78, 5) is 0. The van der Waals surface area contributed by atoms with Crippen LogP contribution in [0.5, 0.6) is 0 Å². The summed E-state index contributed by atoms with van der Waals surface area (Å²) in [5.41, 5.74) is 1.54. The van der Waals surface area contributed by atoms with Crippen molar-refractivity contribution in [1.29, 1.82) is 0 Å². The maximum atomic E-state index is 2.37. The molecule has 0 unspecified atom stereocenters. The SMILES string of the molecule is C1=CC=CC=CC=CC=CC=CC2=C(C=CC=CC=CC=CC=C1)CCCCCCC[I-]2. The molecule has 0 nitrogen and oxygen atoms in total. The zero-order valence-electron chi connectivity index (χ0n) is 19.0. The maximum absolute atomic E-state index is 2.37. The first kappa shape index (κ1) is 25.9. The molecule has 0 atom stereocenters. The molecule has 2 aliphatic rings. The second-order valence-electron chi connectivity index (χ2n) is 7.40. The van der Waals surface area contributed by atoms with Crippen LogP contribution in [0.2, 0.25) is 0 Å². The van der Waals surface area contributed by atoms with Gasteiger partial charge in [0, 0.05) is 0 Å². The Morgan fingerprint density at radius 2 is 0.750 bits per heavy atom. The molecule has 0 aromatic heterocycles. The van der Waals surface area contributed by atoms with Gasteiger partial charge in [-0.1, -0.05) is 6.08 Å². The fraction of sp³-hybridized carbons (Fsp3) is 0.226. The van der Waals surface area contributed by atoms with Crippen LogP contribution in [0.15, 0.2) is 143 Å². The Hall–Kier alpha value is -2.39. The Bertz CT molecular complexity index is 801. The van der Waals surface area contributed by atoms with Gasteiger partial charge in [-0.25, -0.2) is 0 Å². The van der Waals surface area contributed by atoms with Crippen LogP contribution < -0.4 is 21.2 Å². The summed E-state index contributed by atoms with van der Waals surface area (Å²) in [6.07, 6.45) is 54.3. The van der Waals surface area contributed by atoms with Crippen molar-refractivity contribution < 1.29 is 21.2 Å². The fourth-order valence-corrected chi connectivity index (χ4v) is 6.00. The van der Waals surface area contributed by atoms with E-state index in [1.165, 1.54) is 48.5 Å². The van der Waals surface area contributed by atoms with Gasteiger partial charge in [-0.2, -0.15) is 0 Å². The molecule has 0 radical (unpaired) electrons. The Balaban J connectivity index is 2.20. The van der Waals surface area contributed by atoms with Gasteiger partial charge < -0.3 is 0 Å². The molecular weight excluding hydrogens is 499 g/mol. The van der Waals surface area contributed by atoms with E-state index in [1.54, 1.807) is 3.58 Å². The molecule has 0 fully saturated rings. The van der Waals surface area contributed by atoms with Crippen LogP contribution in [-0.4, -0.2) is 4.43 Å². The fourth-order valence-electron chi connectivity index (χ4n) is 3.10. The van der Waals surface area contributed by atoms with Gasteiger partial charge in [0.2, 0.25) is 0 Å². The van der Waals surface area contributed by atoms with Crippen molar-refractivity contribution in [1.82, 2.24) is 0 Å². The van der Waals surface area contributed by atoms with E-state index in [-0.39, 0.29) is 21.2 Å². The molecule has 0 saturated carbocycles. The number of hydrogen-bond acceptors (Lipinski definition) is 0. The van der Waals surface area contributed by atoms with Crippen LogP contribution in [0.4, 0.5) is 0 Å². The van der Waals surface area contributed by atoms with Crippen LogP contribution in [0, 0.1) is 0 Å². The van der Waals surface area contributed by atoms with Crippen molar-refractivity contribution in [2.45, 2.75) is 38.5 Å². The predicted molar refractivity (Wildman–Crippen MR) is 140 cm³/mol. The molecule has 0 N–H and O–H groups in total. The molecule has 2 rings (SSSR count). The molecule has 1 heterocycles. The predicted octanol–water partition coefficient (Wildman–Crippen LogP) is 5.82. The molecule has 1 aliphatic carbocycles. The second-order valence-corrected chi connectivity index (χ2v) is 10.4. The van der Waals surface area contributed by atoms with E-state index >= 15 is 0 Å². The normalized spacial score (nSPS) is 19.5. The van der Waals surface area contributed by atoms with Gasteiger partial charge in [-0.3, -0.25) is 0 Å². The summed E-state index contributed by atoms with van der Waals surface area (Å²) < 4.78 is 2.99. The number of rotatable bonds is 0. The van der Waals surface area contributed by atoms with Gasteiger partial charge in [0.25, 0.3) is 0 Å². The van der Waals surface area contributed by atoms with Crippen LogP contribution in [-0.2, 0) is 0 Å². The standard InChI is InChI=1S/C31H36I/c1-2-4-6-8-10-12-14-16-20-24-28-31-30(27-23-19-17-21-25-29-32-31)26-22-18-15-13-11-9-7-5-3-1/h1-16,18,20,22,24,26,28H,17,19,21,23,25,27,29H2/q-1. The third-order valence-electron chi connectivity index (χ3n) is 4.78. The molecule has 168 valence electrons. The Morgan fingerprint density at radius 1 is 0.375 bits per heavy atom. The first-order valence-electron chi connectivity index (χ1n) is 11.6. The second kappa shape index (κ2) is 19.3.